The molecule has 0 saturated heterocycles. The van der Waals surface area contributed by atoms with Crippen molar-refractivity contribution < 1.29 is 8.42 Å². The Morgan fingerprint density at radius 1 is 1.35 bits per heavy atom. The van der Waals surface area contributed by atoms with Gasteiger partial charge in [-0.1, -0.05) is 12.1 Å². The van der Waals surface area contributed by atoms with Crippen molar-refractivity contribution >= 4 is 10.0 Å². The molecular formula is C12H20N2O2S. The van der Waals surface area contributed by atoms with Gasteiger partial charge < -0.3 is 5.73 Å². The summed E-state index contributed by atoms with van der Waals surface area (Å²) in [5.41, 5.74) is 5.99. The number of hydrogen-bond acceptors (Lipinski definition) is 3. The van der Waals surface area contributed by atoms with Gasteiger partial charge in [0.05, 0.1) is 4.90 Å². The lowest BCUT2D eigenvalue weighted by Crippen LogP contribution is -2.54. The van der Waals surface area contributed by atoms with Crippen LogP contribution >= 0.6 is 0 Å². The number of aryl methyl sites for hydroxylation is 1. The Morgan fingerprint density at radius 2 is 1.94 bits per heavy atom. The van der Waals surface area contributed by atoms with Crippen LogP contribution in [0.3, 0.4) is 0 Å². The van der Waals surface area contributed by atoms with Crippen molar-refractivity contribution in [3.05, 3.63) is 29.8 Å². The predicted molar refractivity (Wildman–Crippen MR) is 69.2 cm³/mol. The van der Waals surface area contributed by atoms with Gasteiger partial charge in [-0.3, -0.25) is 0 Å². The fourth-order valence-corrected chi connectivity index (χ4v) is 2.88. The first-order chi connectivity index (χ1) is 7.65. The van der Waals surface area contributed by atoms with Gasteiger partial charge in [0.15, 0.2) is 0 Å². The standard InChI is InChI=1S/C12H20N2O2S/c1-9-6-5-7-11(8-9)17(15,16)14-12(3,4)10(2)13/h5-8,10,14H,13H2,1-4H3. The lowest BCUT2D eigenvalue weighted by atomic mass is 9.99. The Kier molecular flexibility index (Phi) is 3.96. The summed E-state index contributed by atoms with van der Waals surface area (Å²) in [6, 6.07) is 6.52. The van der Waals surface area contributed by atoms with Crippen LogP contribution < -0.4 is 10.5 Å². The molecule has 1 aromatic carbocycles. The van der Waals surface area contributed by atoms with Crippen molar-refractivity contribution in [2.75, 3.05) is 0 Å². The maximum Gasteiger partial charge on any atom is 0.241 e. The third-order valence-corrected chi connectivity index (χ3v) is 4.50. The summed E-state index contributed by atoms with van der Waals surface area (Å²) < 4.78 is 26.9. The number of benzene rings is 1. The smallest absolute Gasteiger partial charge is 0.241 e. The Balaban J connectivity index is 3.06. The lowest BCUT2D eigenvalue weighted by Gasteiger charge is -2.29. The van der Waals surface area contributed by atoms with Gasteiger partial charge in [0, 0.05) is 11.6 Å². The van der Waals surface area contributed by atoms with E-state index in [9.17, 15) is 8.42 Å². The topological polar surface area (TPSA) is 72.2 Å². The zero-order valence-electron chi connectivity index (χ0n) is 10.7. The number of nitrogens with one attached hydrogen (secondary N) is 1. The minimum absolute atomic E-state index is 0.270. The molecule has 1 rings (SSSR count). The number of nitrogens with two attached hydrogens (primary N) is 1. The Morgan fingerprint density at radius 3 is 2.41 bits per heavy atom. The maximum atomic E-state index is 12.1. The van der Waals surface area contributed by atoms with Crippen molar-refractivity contribution in [2.24, 2.45) is 5.73 Å². The van der Waals surface area contributed by atoms with Crippen molar-refractivity contribution in [3.8, 4) is 0 Å². The maximum absolute atomic E-state index is 12.1. The van der Waals surface area contributed by atoms with Crippen LogP contribution in [0, 0.1) is 6.92 Å². The van der Waals surface area contributed by atoms with E-state index in [0.29, 0.717) is 0 Å². The number of rotatable bonds is 4. The fraction of sp³-hybridized carbons (Fsp3) is 0.500. The molecule has 5 heteroatoms. The molecule has 3 N–H and O–H groups in total. The second kappa shape index (κ2) is 4.76. The highest BCUT2D eigenvalue weighted by Crippen LogP contribution is 2.15. The van der Waals surface area contributed by atoms with Gasteiger partial charge in [-0.25, -0.2) is 13.1 Å². The second-order valence-corrected chi connectivity index (χ2v) is 6.61. The summed E-state index contributed by atoms with van der Waals surface area (Å²) in [7, 11) is -3.52. The van der Waals surface area contributed by atoms with Crippen molar-refractivity contribution in [1.82, 2.24) is 4.72 Å². The third kappa shape index (κ3) is 3.52. The van der Waals surface area contributed by atoms with Crippen LogP contribution in [-0.4, -0.2) is 20.0 Å². The normalized spacial score (nSPS) is 14.6. The zero-order chi connectivity index (χ0) is 13.3. The van der Waals surface area contributed by atoms with Crippen molar-refractivity contribution in [1.29, 1.82) is 0 Å². The quantitative estimate of drug-likeness (QED) is 0.855. The SMILES string of the molecule is Cc1cccc(S(=O)(=O)NC(C)(C)C(C)N)c1. The highest BCUT2D eigenvalue weighted by Gasteiger charge is 2.29. The molecule has 0 aromatic heterocycles. The van der Waals surface area contributed by atoms with Crippen molar-refractivity contribution in [2.45, 2.75) is 44.2 Å². The third-order valence-electron chi connectivity index (χ3n) is 2.84. The summed E-state index contributed by atoms with van der Waals surface area (Å²) in [6.07, 6.45) is 0. The van der Waals surface area contributed by atoms with E-state index in [0.717, 1.165) is 5.56 Å². The van der Waals surface area contributed by atoms with Gasteiger partial charge in [-0.2, -0.15) is 0 Å². The molecule has 0 saturated carbocycles. The van der Waals surface area contributed by atoms with Gasteiger partial charge >= 0.3 is 0 Å². The van der Waals surface area contributed by atoms with E-state index in [4.69, 9.17) is 5.73 Å². The van der Waals surface area contributed by atoms with Crippen LogP contribution in [-0.2, 0) is 10.0 Å². The first-order valence-corrected chi connectivity index (χ1v) is 7.00. The summed E-state index contributed by atoms with van der Waals surface area (Å²) >= 11 is 0. The van der Waals surface area contributed by atoms with E-state index >= 15 is 0 Å². The van der Waals surface area contributed by atoms with E-state index in [1.54, 1.807) is 39.0 Å². The Bertz CT molecular complexity index is 493. The van der Waals surface area contributed by atoms with E-state index < -0.39 is 15.6 Å². The van der Waals surface area contributed by atoms with E-state index in [2.05, 4.69) is 4.72 Å². The molecule has 17 heavy (non-hydrogen) atoms. The molecular weight excluding hydrogens is 236 g/mol. The average Bonchev–Trinajstić information content (AvgIpc) is 2.15. The summed E-state index contributed by atoms with van der Waals surface area (Å²) in [4.78, 5) is 0.270. The molecule has 0 spiro atoms. The van der Waals surface area contributed by atoms with Crippen LogP contribution in [0.25, 0.3) is 0 Å². The Labute approximate surface area is 103 Å². The minimum atomic E-state index is -3.52. The van der Waals surface area contributed by atoms with Crippen molar-refractivity contribution in [3.63, 3.8) is 0 Å². The molecule has 0 radical (unpaired) electrons. The molecule has 0 aliphatic heterocycles. The Hall–Kier alpha value is -0.910. The minimum Gasteiger partial charge on any atom is -0.326 e. The fourth-order valence-electron chi connectivity index (χ4n) is 1.28. The molecule has 0 heterocycles. The van der Waals surface area contributed by atoms with Crippen LogP contribution in [0.2, 0.25) is 0 Å². The lowest BCUT2D eigenvalue weighted by molar-refractivity contribution is 0.387. The van der Waals surface area contributed by atoms with Crippen LogP contribution in [0.5, 0.6) is 0 Å². The highest BCUT2D eigenvalue weighted by molar-refractivity contribution is 7.89. The first-order valence-electron chi connectivity index (χ1n) is 5.51. The van der Waals surface area contributed by atoms with Gasteiger partial charge in [0.1, 0.15) is 0 Å². The van der Waals surface area contributed by atoms with Gasteiger partial charge in [0.25, 0.3) is 0 Å². The summed E-state index contributed by atoms with van der Waals surface area (Å²) in [5.74, 6) is 0. The summed E-state index contributed by atoms with van der Waals surface area (Å²) in [5, 5.41) is 0. The van der Waals surface area contributed by atoms with Gasteiger partial charge in [0.2, 0.25) is 10.0 Å². The molecule has 0 fully saturated rings. The first kappa shape index (κ1) is 14.2. The second-order valence-electron chi connectivity index (χ2n) is 4.93. The van der Waals surface area contributed by atoms with Crippen LogP contribution in [0.4, 0.5) is 0 Å². The van der Waals surface area contributed by atoms with E-state index in [1.165, 1.54) is 0 Å². The molecule has 96 valence electrons. The molecule has 1 unspecified atom stereocenters. The van der Waals surface area contributed by atoms with Crippen LogP contribution in [0.15, 0.2) is 29.2 Å². The average molecular weight is 256 g/mol. The summed E-state index contributed by atoms with van der Waals surface area (Å²) in [6.45, 7) is 7.17. The highest BCUT2D eigenvalue weighted by atomic mass is 32.2. The number of hydrogen-bond donors (Lipinski definition) is 2. The monoisotopic (exact) mass is 256 g/mol. The molecule has 0 amide bonds. The molecule has 1 aromatic rings. The van der Waals surface area contributed by atoms with E-state index in [-0.39, 0.29) is 10.9 Å². The molecule has 4 nitrogen and oxygen atoms in total. The van der Waals surface area contributed by atoms with E-state index in [1.807, 2.05) is 13.0 Å². The zero-order valence-corrected chi connectivity index (χ0v) is 11.5. The molecule has 0 bridgehead atoms. The molecule has 1 atom stereocenters. The van der Waals surface area contributed by atoms with Gasteiger partial charge in [-0.05, 0) is 45.4 Å². The largest absolute Gasteiger partial charge is 0.326 e. The van der Waals surface area contributed by atoms with Gasteiger partial charge in [-0.15, -0.1) is 0 Å². The van der Waals surface area contributed by atoms with Crippen LogP contribution in [0.1, 0.15) is 26.3 Å². The predicted octanol–water partition coefficient (Wildman–Crippen LogP) is 1.40. The number of sulfonamides is 1. The molecule has 0 aliphatic carbocycles. The molecule has 0 aliphatic rings.